The molecular weight excluding hydrogens is 330 g/mol. The summed E-state index contributed by atoms with van der Waals surface area (Å²) in [6.45, 7) is 11.0. The number of amides is 2. The normalized spacial score (nSPS) is 27.1. The van der Waals surface area contributed by atoms with Crippen molar-refractivity contribution in [1.29, 1.82) is 0 Å². The molecule has 0 bridgehead atoms. The van der Waals surface area contributed by atoms with Crippen LogP contribution < -0.4 is 0 Å². The first kappa shape index (κ1) is 18.3. The van der Waals surface area contributed by atoms with E-state index in [-0.39, 0.29) is 17.2 Å². The number of carbonyl (C=O) groups is 2. The van der Waals surface area contributed by atoms with E-state index in [2.05, 4.69) is 33.9 Å². The highest BCUT2D eigenvalue weighted by Crippen LogP contribution is 2.46. The predicted molar refractivity (Wildman–Crippen MR) is 101 cm³/mol. The third-order valence-electron chi connectivity index (χ3n) is 5.65. The Morgan fingerprint density at radius 2 is 1.52 bits per heavy atom. The van der Waals surface area contributed by atoms with Gasteiger partial charge in [0.15, 0.2) is 9.04 Å². The van der Waals surface area contributed by atoms with Gasteiger partial charge in [0.2, 0.25) is 0 Å². The molecule has 0 saturated heterocycles. The number of hydrogen-bond acceptors (Lipinski definition) is 3. The van der Waals surface area contributed by atoms with Crippen molar-refractivity contribution < 1.29 is 14.0 Å². The Hall–Kier alpha value is -1.46. The van der Waals surface area contributed by atoms with E-state index in [1.807, 2.05) is 12.1 Å². The van der Waals surface area contributed by atoms with Gasteiger partial charge in [0.25, 0.3) is 11.8 Å². The number of rotatable bonds is 3. The van der Waals surface area contributed by atoms with Crippen LogP contribution in [-0.2, 0) is 4.43 Å². The van der Waals surface area contributed by atoms with Crippen molar-refractivity contribution in [3.63, 3.8) is 0 Å². The molecule has 25 heavy (non-hydrogen) atoms. The van der Waals surface area contributed by atoms with Crippen molar-refractivity contribution in [1.82, 2.24) is 4.90 Å². The second-order valence-electron chi connectivity index (χ2n) is 8.74. The van der Waals surface area contributed by atoms with E-state index < -0.39 is 14.8 Å². The lowest BCUT2D eigenvalue weighted by Gasteiger charge is -2.48. The topological polar surface area (TPSA) is 46.6 Å². The van der Waals surface area contributed by atoms with Crippen molar-refractivity contribution in [2.45, 2.75) is 65.3 Å². The minimum atomic E-state index is -1.43. The van der Waals surface area contributed by atoms with Crippen LogP contribution in [0.15, 0.2) is 24.3 Å². The smallest absolute Gasteiger partial charge is 0.263 e. The molecule has 1 aromatic rings. The number of nitrogens with zero attached hydrogens (tertiary/aromatic N) is 1. The van der Waals surface area contributed by atoms with Crippen LogP contribution in [0.3, 0.4) is 0 Å². The first-order valence-corrected chi connectivity index (χ1v) is 12.1. The molecule has 1 heterocycles. The van der Waals surface area contributed by atoms with Crippen LogP contribution in [0, 0.1) is 11.3 Å². The Morgan fingerprint density at radius 3 is 1.92 bits per heavy atom. The van der Waals surface area contributed by atoms with Crippen molar-refractivity contribution in [2.75, 3.05) is 0 Å². The summed E-state index contributed by atoms with van der Waals surface area (Å²) in [5.74, 6) is 0.210. The highest BCUT2D eigenvalue weighted by Gasteiger charge is 2.52. The van der Waals surface area contributed by atoms with Gasteiger partial charge in [-0.2, -0.15) is 0 Å². The minimum absolute atomic E-state index is 0.190. The van der Waals surface area contributed by atoms with E-state index in [0.29, 0.717) is 17.0 Å². The highest BCUT2D eigenvalue weighted by molar-refractivity contribution is 6.48. The van der Waals surface area contributed by atoms with Crippen molar-refractivity contribution in [3.8, 4) is 0 Å². The maximum atomic E-state index is 13.0. The Bertz CT molecular complexity index is 649. The lowest BCUT2D eigenvalue weighted by molar-refractivity contribution is -0.0889. The summed E-state index contributed by atoms with van der Waals surface area (Å²) < 4.78 is 6.42. The molecule has 4 nitrogen and oxygen atoms in total. The lowest BCUT2D eigenvalue weighted by Crippen LogP contribution is -2.57. The van der Waals surface area contributed by atoms with Crippen LogP contribution in [0.4, 0.5) is 0 Å². The van der Waals surface area contributed by atoms with Gasteiger partial charge < -0.3 is 4.43 Å². The molecule has 5 heteroatoms. The Morgan fingerprint density at radius 1 is 1.04 bits per heavy atom. The van der Waals surface area contributed by atoms with Gasteiger partial charge >= 0.3 is 0 Å². The lowest BCUT2D eigenvalue weighted by atomic mass is 9.70. The van der Waals surface area contributed by atoms with E-state index in [4.69, 9.17) is 4.43 Å². The fourth-order valence-electron chi connectivity index (χ4n) is 4.33. The van der Waals surface area contributed by atoms with Crippen LogP contribution in [-0.4, -0.2) is 31.5 Å². The van der Waals surface area contributed by atoms with Gasteiger partial charge in [0.05, 0.1) is 11.1 Å². The summed E-state index contributed by atoms with van der Waals surface area (Å²) in [6, 6.07) is 7.12. The molecule has 1 saturated carbocycles. The molecule has 1 aromatic carbocycles. The summed E-state index contributed by atoms with van der Waals surface area (Å²) in [5, 5.41) is 0. The fourth-order valence-corrected chi connectivity index (χ4v) is 5.55. The molecule has 3 rings (SSSR count). The zero-order valence-corrected chi connectivity index (χ0v) is 17.1. The van der Waals surface area contributed by atoms with Gasteiger partial charge in [0.1, 0.15) is 5.72 Å². The summed E-state index contributed by atoms with van der Waals surface area (Å²) in [5.41, 5.74) is 0.510. The second-order valence-corrected chi connectivity index (χ2v) is 11.1. The standard InChI is InChI=1S/C20H29NO3Si/c1-19(2,3)14-10-12-20(13-11-14,24-25(4)5)21-17(22)15-8-6-7-9-16(15)18(21)23/h6-9,14,25H,10-13H2,1-5H3. The molecule has 2 aliphatic rings. The molecular formula is C20H29NO3Si. The quantitative estimate of drug-likeness (QED) is 0.600. The van der Waals surface area contributed by atoms with Gasteiger partial charge in [-0.1, -0.05) is 32.9 Å². The Balaban J connectivity index is 1.93. The van der Waals surface area contributed by atoms with Gasteiger partial charge in [0, 0.05) is 0 Å². The molecule has 2 amide bonds. The van der Waals surface area contributed by atoms with Crippen LogP contribution in [0.1, 0.15) is 67.2 Å². The van der Waals surface area contributed by atoms with Crippen LogP contribution in [0.2, 0.25) is 13.1 Å². The first-order chi connectivity index (χ1) is 11.7. The minimum Gasteiger partial charge on any atom is -0.398 e. The monoisotopic (exact) mass is 359 g/mol. The SMILES string of the molecule is C[SiH](C)OC1(N2C(=O)c3ccccc3C2=O)CCC(C(C)(C)C)CC1. The summed E-state index contributed by atoms with van der Waals surface area (Å²) in [7, 11) is -1.43. The summed E-state index contributed by atoms with van der Waals surface area (Å²) in [6.07, 6.45) is 3.45. The van der Waals surface area contributed by atoms with E-state index in [9.17, 15) is 9.59 Å². The predicted octanol–water partition coefficient (Wildman–Crippen LogP) is 4.22. The first-order valence-electron chi connectivity index (χ1n) is 9.31. The molecule has 136 valence electrons. The molecule has 0 spiro atoms. The fraction of sp³-hybridized carbons (Fsp3) is 0.600. The average Bonchev–Trinajstić information content (AvgIpc) is 2.78. The third-order valence-corrected chi connectivity index (χ3v) is 6.56. The van der Waals surface area contributed by atoms with Crippen LogP contribution in [0.25, 0.3) is 0 Å². The van der Waals surface area contributed by atoms with Crippen molar-refractivity contribution >= 4 is 20.9 Å². The number of imide groups is 1. The molecule has 1 aliphatic carbocycles. The maximum Gasteiger partial charge on any atom is 0.263 e. The van der Waals surface area contributed by atoms with Crippen molar-refractivity contribution in [3.05, 3.63) is 35.4 Å². The third kappa shape index (κ3) is 3.20. The van der Waals surface area contributed by atoms with Gasteiger partial charge in [-0.15, -0.1) is 0 Å². The average molecular weight is 360 g/mol. The molecule has 0 atom stereocenters. The second kappa shape index (κ2) is 6.36. The summed E-state index contributed by atoms with van der Waals surface area (Å²) >= 11 is 0. The molecule has 1 fully saturated rings. The highest BCUT2D eigenvalue weighted by atomic mass is 28.3. The molecule has 0 radical (unpaired) electrons. The largest absolute Gasteiger partial charge is 0.398 e. The molecule has 0 aromatic heterocycles. The van der Waals surface area contributed by atoms with E-state index in [1.165, 1.54) is 4.90 Å². The zero-order chi connectivity index (χ0) is 18.4. The Labute approximate surface area is 152 Å². The van der Waals surface area contributed by atoms with Gasteiger partial charge in [-0.25, -0.2) is 4.90 Å². The van der Waals surface area contributed by atoms with E-state index >= 15 is 0 Å². The van der Waals surface area contributed by atoms with E-state index in [0.717, 1.165) is 25.7 Å². The van der Waals surface area contributed by atoms with E-state index in [1.54, 1.807) is 12.1 Å². The Kier molecular flexibility index (Phi) is 4.66. The molecule has 1 aliphatic heterocycles. The summed E-state index contributed by atoms with van der Waals surface area (Å²) in [4.78, 5) is 27.5. The number of benzene rings is 1. The molecule has 0 unspecified atom stereocenters. The number of carbonyl (C=O) groups excluding carboxylic acids is 2. The van der Waals surface area contributed by atoms with Crippen molar-refractivity contribution in [2.24, 2.45) is 11.3 Å². The number of fused-ring (bicyclic) bond motifs is 1. The van der Waals surface area contributed by atoms with Crippen LogP contribution >= 0.6 is 0 Å². The van der Waals surface area contributed by atoms with Gasteiger partial charge in [-0.3, -0.25) is 9.59 Å². The zero-order valence-electron chi connectivity index (χ0n) is 16.0. The maximum absolute atomic E-state index is 13.0. The molecule has 0 N–H and O–H groups in total. The van der Waals surface area contributed by atoms with Crippen LogP contribution in [0.5, 0.6) is 0 Å². The number of hydrogen-bond donors (Lipinski definition) is 0. The van der Waals surface area contributed by atoms with Gasteiger partial charge in [-0.05, 0) is 62.2 Å².